The molecule has 138 valence electrons. The number of urea groups is 1. The number of carbonyl (C=O) groups is 3. The summed E-state index contributed by atoms with van der Waals surface area (Å²) in [6.07, 6.45) is 1.95. The number of hydrogen-bond donors (Lipinski definition) is 1. The average Bonchev–Trinajstić information content (AvgIpc) is 3.10. The molecule has 2 heterocycles. The van der Waals surface area contributed by atoms with Gasteiger partial charge in [-0.3, -0.25) is 14.5 Å². The number of benzene rings is 1. The van der Waals surface area contributed by atoms with Crippen molar-refractivity contribution >= 4 is 17.8 Å². The van der Waals surface area contributed by atoms with Crippen LogP contribution in [0, 0.1) is 17.3 Å². The molecule has 1 aromatic rings. The Morgan fingerprint density at radius 3 is 2.19 bits per heavy atom. The largest absolute Gasteiger partial charge is 0.335 e. The highest BCUT2D eigenvalue weighted by Gasteiger charge is 2.53. The van der Waals surface area contributed by atoms with Crippen molar-refractivity contribution in [2.75, 3.05) is 13.1 Å². The summed E-state index contributed by atoms with van der Waals surface area (Å²) in [5, 5.41) is 3.03. The summed E-state index contributed by atoms with van der Waals surface area (Å²) >= 11 is 0. The lowest BCUT2D eigenvalue weighted by atomic mass is 9.68. The van der Waals surface area contributed by atoms with E-state index in [2.05, 4.69) is 19.2 Å². The molecule has 26 heavy (non-hydrogen) atoms. The SMILES string of the molecule is CC1(C)CC(NC(=O)N2C[C@@H]3C(=O)N(Cc4ccccc4)C(=O)[C@@H]3C2)C1. The van der Waals surface area contributed by atoms with Gasteiger partial charge in [-0.1, -0.05) is 44.2 Å². The fraction of sp³-hybridized carbons (Fsp3) is 0.550. The van der Waals surface area contributed by atoms with Gasteiger partial charge >= 0.3 is 6.03 Å². The number of nitrogens with zero attached hydrogens (tertiary/aromatic N) is 2. The normalized spacial score (nSPS) is 27.5. The molecule has 0 unspecified atom stereocenters. The van der Waals surface area contributed by atoms with Gasteiger partial charge in [-0.05, 0) is 23.8 Å². The summed E-state index contributed by atoms with van der Waals surface area (Å²) < 4.78 is 0. The quantitative estimate of drug-likeness (QED) is 0.843. The minimum Gasteiger partial charge on any atom is -0.335 e. The first-order chi connectivity index (χ1) is 12.3. The van der Waals surface area contributed by atoms with Crippen molar-refractivity contribution in [3.63, 3.8) is 0 Å². The summed E-state index contributed by atoms with van der Waals surface area (Å²) in [6.45, 7) is 5.36. The van der Waals surface area contributed by atoms with Crippen LogP contribution >= 0.6 is 0 Å². The number of carbonyl (C=O) groups excluding carboxylic acids is 3. The number of hydrogen-bond acceptors (Lipinski definition) is 3. The van der Waals surface area contributed by atoms with E-state index in [1.54, 1.807) is 4.90 Å². The molecule has 0 spiro atoms. The summed E-state index contributed by atoms with van der Waals surface area (Å²) in [7, 11) is 0. The molecular weight excluding hydrogens is 330 g/mol. The molecule has 0 radical (unpaired) electrons. The van der Waals surface area contributed by atoms with Crippen LogP contribution in [0.15, 0.2) is 30.3 Å². The fourth-order valence-electron chi connectivity index (χ4n) is 4.54. The van der Waals surface area contributed by atoms with Crippen LogP contribution in [0.5, 0.6) is 0 Å². The van der Waals surface area contributed by atoms with Crippen LogP contribution in [-0.4, -0.2) is 46.8 Å². The van der Waals surface area contributed by atoms with Crippen molar-refractivity contribution in [2.24, 2.45) is 17.3 Å². The standard InChI is InChI=1S/C20H25N3O3/c1-20(2)8-14(9-20)21-19(26)22-11-15-16(12-22)18(25)23(17(15)24)10-13-6-4-3-5-7-13/h3-7,14-16H,8-12H2,1-2H3,(H,21,26)/t15-,16+. The number of nitrogens with one attached hydrogen (secondary N) is 1. The van der Waals surface area contributed by atoms with E-state index < -0.39 is 11.8 Å². The molecule has 4 rings (SSSR count). The molecule has 1 aromatic carbocycles. The second-order valence-corrected chi connectivity index (χ2v) is 8.59. The maximum Gasteiger partial charge on any atom is 0.317 e. The third-order valence-corrected chi connectivity index (χ3v) is 5.88. The van der Waals surface area contributed by atoms with Crippen LogP contribution < -0.4 is 5.32 Å². The van der Waals surface area contributed by atoms with Gasteiger partial charge in [0.25, 0.3) is 0 Å². The van der Waals surface area contributed by atoms with Crippen molar-refractivity contribution in [1.82, 2.24) is 15.1 Å². The molecule has 3 fully saturated rings. The van der Waals surface area contributed by atoms with Gasteiger partial charge in [0.2, 0.25) is 11.8 Å². The van der Waals surface area contributed by atoms with E-state index >= 15 is 0 Å². The Hall–Kier alpha value is -2.37. The Morgan fingerprint density at radius 2 is 1.65 bits per heavy atom. The maximum atomic E-state index is 12.7. The predicted molar refractivity (Wildman–Crippen MR) is 95.9 cm³/mol. The van der Waals surface area contributed by atoms with Crippen molar-refractivity contribution in [1.29, 1.82) is 0 Å². The molecule has 1 saturated carbocycles. The van der Waals surface area contributed by atoms with Gasteiger partial charge in [0.1, 0.15) is 0 Å². The molecule has 0 bridgehead atoms. The smallest absolute Gasteiger partial charge is 0.317 e. The Labute approximate surface area is 153 Å². The molecule has 6 nitrogen and oxygen atoms in total. The number of imide groups is 1. The third kappa shape index (κ3) is 2.97. The minimum atomic E-state index is -0.394. The molecule has 2 saturated heterocycles. The van der Waals surface area contributed by atoms with Gasteiger partial charge < -0.3 is 10.2 Å². The van der Waals surface area contributed by atoms with Crippen molar-refractivity contribution in [3.8, 4) is 0 Å². The number of likely N-dealkylation sites (tertiary alicyclic amines) is 2. The van der Waals surface area contributed by atoms with Crippen LogP contribution in [0.3, 0.4) is 0 Å². The summed E-state index contributed by atoms with van der Waals surface area (Å²) in [5.41, 5.74) is 1.24. The first-order valence-corrected chi connectivity index (χ1v) is 9.29. The van der Waals surface area contributed by atoms with Crippen molar-refractivity contribution < 1.29 is 14.4 Å². The zero-order valence-corrected chi connectivity index (χ0v) is 15.3. The van der Waals surface area contributed by atoms with Gasteiger partial charge in [0.15, 0.2) is 0 Å². The highest BCUT2D eigenvalue weighted by Crippen LogP contribution is 2.40. The van der Waals surface area contributed by atoms with Crippen molar-refractivity contribution in [3.05, 3.63) is 35.9 Å². The molecule has 2 aliphatic heterocycles. The second-order valence-electron chi connectivity index (χ2n) is 8.59. The van der Waals surface area contributed by atoms with Crippen LogP contribution in [0.1, 0.15) is 32.3 Å². The summed E-state index contributed by atoms with van der Waals surface area (Å²) in [6, 6.07) is 9.59. The minimum absolute atomic E-state index is 0.143. The summed E-state index contributed by atoms with van der Waals surface area (Å²) in [5.74, 6) is -1.09. The average molecular weight is 355 g/mol. The van der Waals surface area contributed by atoms with E-state index in [4.69, 9.17) is 0 Å². The Bertz CT molecular complexity index is 714. The van der Waals surface area contributed by atoms with Gasteiger partial charge in [-0.2, -0.15) is 0 Å². The van der Waals surface area contributed by atoms with E-state index in [1.165, 1.54) is 4.90 Å². The monoisotopic (exact) mass is 355 g/mol. The van der Waals surface area contributed by atoms with Gasteiger partial charge in [0, 0.05) is 19.1 Å². The highest BCUT2D eigenvalue weighted by molar-refractivity contribution is 6.06. The molecule has 3 aliphatic rings. The van der Waals surface area contributed by atoms with Gasteiger partial charge in [0.05, 0.1) is 18.4 Å². The Balaban J connectivity index is 1.36. The zero-order valence-electron chi connectivity index (χ0n) is 15.3. The van der Waals surface area contributed by atoms with Crippen molar-refractivity contribution in [2.45, 2.75) is 39.3 Å². The lowest BCUT2D eigenvalue weighted by molar-refractivity contribution is -0.141. The molecule has 1 N–H and O–H groups in total. The topological polar surface area (TPSA) is 69.7 Å². The van der Waals surface area contributed by atoms with Crippen LogP contribution in [0.4, 0.5) is 4.79 Å². The molecular formula is C20H25N3O3. The lowest BCUT2D eigenvalue weighted by Gasteiger charge is -2.43. The Morgan fingerprint density at radius 1 is 1.08 bits per heavy atom. The van der Waals surface area contributed by atoms with E-state index in [9.17, 15) is 14.4 Å². The first kappa shape index (κ1) is 17.1. The van der Waals surface area contributed by atoms with Crippen LogP contribution in [0.2, 0.25) is 0 Å². The number of amides is 4. The molecule has 2 atom stereocenters. The molecule has 0 aromatic heterocycles. The van der Waals surface area contributed by atoms with E-state index in [1.807, 2.05) is 30.3 Å². The summed E-state index contributed by atoms with van der Waals surface area (Å²) in [4.78, 5) is 40.8. The number of rotatable bonds is 3. The maximum absolute atomic E-state index is 12.7. The molecule has 4 amide bonds. The van der Waals surface area contributed by atoms with Gasteiger partial charge in [-0.25, -0.2) is 4.79 Å². The zero-order chi connectivity index (χ0) is 18.5. The first-order valence-electron chi connectivity index (χ1n) is 9.29. The van der Waals surface area contributed by atoms with E-state index in [0.29, 0.717) is 25.0 Å². The second kappa shape index (κ2) is 6.11. The lowest BCUT2D eigenvalue weighted by Crippen LogP contribution is -2.52. The van der Waals surface area contributed by atoms with Crippen LogP contribution in [0.25, 0.3) is 0 Å². The Kier molecular flexibility index (Phi) is 4.01. The highest BCUT2D eigenvalue weighted by atomic mass is 16.2. The third-order valence-electron chi connectivity index (χ3n) is 5.88. The van der Waals surface area contributed by atoms with E-state index in [0.717, 1.165) is 18.4 Å². The van der Waals surface area contributed by atoms with Gasteiger partial charge in [-0.15, -0.1) is 0 Å². The molecule has 1 aliphatic carbocycles. The van der Waals surface area contributed by atoms with Crippen LogP contribution in [-0.2, 0) is 16.1 Å². The fourth-order valence-corrected chi connectivity index (χ4v) is 4.54. The predicted octanol–water partition coefficient (Wildman–Crippen LogP) is 2.00. The van der Waals surface area contributed by atoms with E-state index in [-0.39, 0.29) is 23.9 Å². The molecule has 6 heteroatoms. The number of fused-ring (bicyclic) bond motifs is 1.